The van der Waals surface area contributed by atoms with E-state index >= 15 is 0 Å². The van der Waals surface area contributed by atoms with Crippen molar-refractivity contribution in [1.29, 1.82) is 5.26 Å². The summed E-state index contributed by atoms with van der Waals surface area (Å²) in [6.07, 6.45) is 0. The van der Waals surface area contributed by atoms with Crippen molar-refractivity contribution in [3.63, 3.8) is 0 Å². The Balaban J connectivity index is 2.21. The van der Waals surface area contributed by atoms with E-state index in [4.69, 9.17) is 10.00 Å². The second kappa shape index (κ2) is 5.65. The lowest BCUT2D eigenvalue weighted by Crippen LogP contribution is -1.98. The van der Waals surface area contributed by atoms with Crippen LogP contribution in [0.25, 0.3) is 0 Å². The second-order valence-electron chi connectivity index (χ2n) is 3.82. The molecule has 0 unspecified atom stereocenters. The van der Waals surface area contributed by atoms with Crippen LogP contribution in [0.15, 0.2) is 48.5 Å². The maximum absolute atomic E-state index is 10.7. The third-order valence-electron chi connectivity index (χ3n) is 2.53. The standard InChI is InChI=1S/C14H10N2O3/c15-9-12-6-7-13(16(17)18)8-14(12)19-10-11-4-2-1-3-5-11/h1-8H,10H2. The fraction of sp³-hybridized carbons (Fsp3) is 0.0714. The smallest absolute Gasteiger partial charge is 0.273 e. The molecule has 5 heteroatoms. The zero-order valence-electron chi connectivity index (χ0n) is 9.95. The first-order valence-electron chi connectivity index (χ1n) is 5.56. The van der Waals surface area contributed by atoms with Crippen LogP contribution in [0.5, 0.6) is 5.75 Å². The van der Waals surface area contributed by atoms with Crippen LogP contribution in [0.2, 0.25) is 0 Å². The first kappa shape index (κ1) is 12.6. The van der Waals surface area contributed by atoms with Crippen LogP contribution >= 0.6 is 0 Å². The Morgan fingerprint density at radius 3 is 2.58 bits per heavy atom. The molecule has 0 heterocycles. The third-order valence-corrected chi connectivity index (χ3v) is 2.53. The highest BCUT2D eigenvalue weighted by molar-refractivity contribution is 5.50. The molecule has 0 N–H and O–H groups in total. The summed E-state index contributed by atoms with van der Waals surface area (Å²) in [5.74, 6) is 0.223. The Hall–Kier alpha value is -2.87. The van der Waals surface area contributed by atoms with Crippen LogP contribution in [-0.4, -0.2) is 4.92 Å². The Bertz CT molecular complexity index is 633. The van der Waals surface area contributed by atoms with Crippen LogP contribution in [0, 0.1) is 21.4 Å². The molecule has 0 saturated heterocycles. The summed E-state index contributed by atoms with van der Waals surface area (Å²) >= 11 is 0. The van der Waals surface area contributed by atoms with Gasteiger partial charge in [0.25, 0.3) is 5.69 Å². The van der Waals surface area contributed by atoms with Gasteiger partial charge in [-0.3, -0.25) is 10.1 Å². The molecule has 0 bridgehead atoms. The van der Waals surface area contributed by atoms with Gasteiger partial charge in [-0.1, -0.05) is 30.3 Å². The number of nitro benzene ring substituents is 1. The number of nitrogens with zero attached hydrogens (tertiary/aromatic N) is 2. The average Bonchev–Trinajstić information content (AvgIpc) is 2.45. The van der Waals surface area contributed by atoms with Gasteiger partial charge in [0.1, 0.15) is 18.4 Å². The maximum Gasteiger partial charge on any atom is 0.273 e. The minimum atomic E-state index is -0.517. The van der Waals surface area contributed by atoms with E-state index in [0.29, 0.717) is 0 Å². The van der Waals surface area contributed by atoms with Gasteiger partial charge in [-0.25, -0.2) is 0 Å². The SMILES string of the molecule is N#Cc1ccc([N+](=O)[O-])cc1OCc1ccccc1. The summed E-state index contributed by atoms with van der Waals surface area (Å²) in [4.78, 5) is 10.2. The molecule has 0 aliphatic rings. The molecule has 94 valence electrons. The van der Waals surface area contributed by atoms with E-state index in [1.165, 1.54) is 18.2 Å². The number of nitro groups is 1. The van der Waals surface area contributed by atoms with Crippen molar-refractivity contribution < 1.29 is 9.66 Å². The van der Waals surface area contributed by atoms with E-state index in [1.54, 1.807) is 0 Å². The number of benzene rings is 2. The quantitative estimate of drug-likeness (QED) is 0.620. The van der Waals surface area contributed by atoms with Crippen LogP contribution in [0.1, 0.15) is 11.1 Å². The Morgan fingerprint density at radius 1 is 1.21 bits per heavy atom. The van der Waals surface area contributed by atoms with Crippen molar-refractivity contribution in [3.8, 4) is 11.8 Å². The van der Waals surface area contributed by atoms with Crippen LogP contribution < -0.4 is 4.74 Å². The summed E-state index contributed by atoms with van der Waals surface area (Å²) in [7, 11) is 0. The van der Waals surface area contributed by atoms with E-state index in [9.17, 15) is 10.1 Å². The molecule has 0 radical (unpaired) electrons. The zero-order chi connectivity index (χ0) is 13.7. The second-order valence-corrected chi connectivity index (χ2v) is 3.82. The van der Waals surface area contributed by atoms with E-state index in [0.717, 1.165) is 5.56 Å². The topological polar surface area (TPSA) is 76.2 Å². The van der Waals surface area contributed by atoms with Gasteiger partial charge in [0.2, 0.25) is 0 Å². The summed E-state index contributed by atoms with van der Waals surface area (Å²) in [6.45, 7) is 0.261. The predicted octanol–water partition coefficient (Wildman–Crippen LogP) is 3.05. The molecule has 0 aliphatic heterocycles. The normalized spacial score (nSPS) is 9.63. The molecule has 0 aromatic heterocycles. The fourth-order valence-corrected chi connectivity index (χ4v) is 1.57. The van der Waals surface area contributed by atoms with E-state index in [-0.39, 0.29) is 23.6 Å². The Morgan fingerprint density at radius 2 is 1.95 bits per heavy atom. The molecule has 2 aromatic rings. The van der Waals surface area contributed by atoms with Gasteiger partial charge in [-0.15, -0.1) is 0 Å². The minimum absolute atomic E-state index is 0.0953. The lowest BCUT2D eigenvalue weighted by molar-refractivity contribution is -0.384. The van der Waals surface area contributed by atoms with Gasteiger partial charge in [0, 0.05) is 6.07 Å². The van der Waals surface area contributed by atoms with E-state index in [1.807, 2.05) is 36.4 Å². The van der Waals surface area contributed by atoms with Crippen molar-refractivity contribution in [2.45, 2.75) is 6.61 Å². The van der Waals surface area contributed by atoms with Gasteiger partial charge >= 0.3 is 0 Å². The monoisotopic (exact) mass is 254 g/mol. The molecule has 2 aromatic carbocycles. The van der Waals surface area contributed by atoms with Crippen molar-refractivity contribution in [2.75, 3.05) is 0 Å². The van der Waals surface area contributed by atoms with Crippen molar-refractivity contribution >= 4 is 5.69 Å². The maximum atomic E-state index is 10.7. The largest absolute Gasteiger partial charge is 0.487 e. The molecule has 0 atom stereocenters. The first-order valence-corrected chi connectivity index (χ1v) is 5.56. The number of non-ortho nitro benzene ring substituents is 1. The Kier molecular flexibility index (Phi) is 3.74. The summed E-state index contributed by atoms with van der Waals surface area (Å²) < 4.78 is 5.48. The number of hydrogen-bond acceptors (Lipinski definition) is 4. The summed E-state index contributed by atoms with van der Waals surface area (Å²) in [5, 5.41) is 19.6. The highest BCUT2D eigenvalue weighted by Crippen LogP contribution is 2.25. The lowest BCUT2D eigenvalue weighted by Gasteiger charge is -2.07. The van der Waals surface area contributed by atoms with Crippen LogP contribution in [-0.2, 0) is 6.61 Å². The van der Waals surface area contributed by atoms with E-state index in [2.05, 4.69) is 0 Å². The van der Waals surface area contributed by atoms with Gasteiger partial charge < -0.3 is 4.74 Å². The van der Waals surface area contributed by atoms with Crippen molar-refractivity contribution in [2.24, 2.45) is 0 Å². The van der Waals surface area contributed by atoms with Gasteiger partial charge in [0.05, 0.1) is 16.6 Å². The van der Waals surface area contributed by atoms with Crippen molar-refractivity contribution in [1.82, 2.24) is 0 Å². The molecule has 0 fully saturated rings. The van der Waals surface area contributed by atoms with Gasteiger partial charge in [-0.05, 0) is 11.6 Å². The Labute approximate surface area is 109 Å². The number of rotatable bonds is 4. The molecule has 0 saturated carbocycles. The fourth-order valence-electron chi connectivity index (χ4n) is 1.57. The third kappa shape index (κ3) is 3.07. The minimum Gasteiger partial charge on any atom is -0.487 e. The molecule has 5 nitrogen and oxygen atoms in total. The number of hydrogen-bond donors (Lipinski definition) is 0. The molecular weight excluding hydrogens is 244 g/mol. The zero-order valence-corrected chi connectivity index (χ0v) is 9.95. The van der Waals surface area contributed by atoms with E-state index < -0.39 is 4.92 Å². The molecular formula is C14H10N2O3. The lowest BCUT2D eigenvalue weighted by atomic mass is 10.2. The first-order chi connectivity index (χ1) is 9.20. The molecule has 0 aliphatic carbocycles. The van der Waals surface area contributed by atoms with Gasteiger partial charge in [0.15, 0.2) is 0 Å². The van der Waals surface area contributed by atoms with Crippen molar-refractivity contribution in [3.05, 3.63) is 69.8 Å². The number of nitriles is 1. The molecule has 0 amide bonds. The van der Waals surface area contributed by atoms with Gasteiger partial charge in [-0.2, -0.15) is 5.26 Å². The highest BCUT2D eigenvalue weighted by atomic mass is 16.6. The van der Waals surface area contributed by atoms with Crippen LogP contribution in [0.3, 0.4) is 0 Å². The molecule has 0 spiro atoms. The summed E-state index contributed by atoms with van der Waals surface area (Å²) in [6, 6.07) is 15.3. The molecule has 2 rings (SSSR count). The molecule has 19 heavy (non-hydrogen) atoms. The number of ether oxygens (including phenoxy) is 1. The average molecular weight is 254 g/mol. The predicted molar refractivity (Wildman–Crippen MR) is 68.6 cm³/mol. The summed E-state index contributed by atoms with van der Waals surface area (Å²) in [5.41, 5.74) is 1.11. The van der Waals surface area contributed by atoms with Crippen LogP contribution in [0.4, 0.5) is 5.69 Å². The highest BCUT2D eigenvalue weighted by Gasteiger charge is 2.11.